The fraction of sp³-hybridized carbons (Fsp3) is 0.222. The molecule has 254 valence electrons. The van der Waals surface area contributed by atoms with E-state index >= 15 is 0 Å². The Morgan fingerprint density at radius 2 is 1.43 bits per heavy atom. The van der Waals surface area contributed by atoms with Crippen LogP contribution in [0.25, 0.3) is 55.8 Å². The van der Waals surface area contributed by atoms with Crippen LogP contribution in [0.4, 0.5) is 0 Å². The summed E-state index contributed by atoms with van der Waals surface area (Å²) in [6, 6.07) is 36.0. The Labute approximate surface area is 299 Å². The second-order valence-corrected chi connectivity index (χ2v) is 14.4. The van der Waals surface area contributed by atoms with E-state index in [0.29, 0.717) is 29.4 Å². The second-order valence-electron chi connectivity index (χ2n) is 14.4. The summed E-state index contributed by atoms with van der Waals surface area (Å²) in [4.78, 5) is 9.84. The van der Waals surface area contributed by atoms with Gasteiger partial charge in [0.05, 0.1) is 30.7 Å². The fourth-order valence-corrected chi connectivity index (χ4v) is 7.32. The Bertz CT molecular complexity index is 2530. The van der Waals surface area contributed by atoms with Crippen molar-refractivity contribution in [3.05, 3.63) is 138 Å². The van der Waals surface area contributed by atoms with Gasteiger partial charge in [-0.3, -0.25) is 8.97 Å². The van der Waals surface area contributed by atoms with E-state index in [2.05, 4.69) is 147 Å². The zero-order valence-electron chi connectivity index (χ0n) is 30.3. The lowest BCUT2D eigenvalue weighted by Gasteiger charge is -2.24. The molecule has 0 bridgehead atoms. The molecule has 0 amide bonds. The van der Waals surface area contributed by atoms with Gasteiger partial charge >= 0.3 is 0 Å². The van der Waals surface area contributed by atoms with Crippen LogP contribution >= 0.6 is 0 Å². The molecule has 0 saturated carbocycles. The quantitative estimate of drug-likeness (QED) is 0.119. The van der Waals surface area contributed by atoms with Crippen LogP contribution in [0.5, 0.6) is 11.6 Å². The third-order valence-electron chi connectivity index (χ3n) is 9.89. The van der Waals surface area contributed by atoms with Crippen LogP contribution in [-0.4, -0.2) is 18.9 Å². The zero-order chi connectivity index (χ0) is 35.4. The van der Waals surface area contributed by atoms with E-state index in [0.717, 1.165) is 50.2 Å². The maximum absolute atomic E-state index is 6.80. The first kappa shape index (κ1) is 32.5. The van der Waals surface area contributed by atoms with Crippen LogP contribution in [0.2, 0.25) is 0 Å². The molecule has 0 aliphatic carbocycles. The lowest BCUT2D eigenvalue weighted by Crippen LogP contribution is -2.25. The van der Waals surface area contributed by atoms with Crippen LogP contribution in [0.15, 0.2) is 116 Å². The first-order valence-corrected chi connectivity index (χ1v) is 17.9. The van der Waals surface area contributed by atoms with Crippen molar-refractivity contribution in [2.24, 2.45) is 7.05 Å². The largest absolute Gasteiger partial charge is 0.440 e. The summed E-state index contributed by atoms with van der Waals surface area (Å²) in [6.45, 7) is 13.7. The number of benzene rings is 3. The normalized spacial score (nSPS) is 12.0. The number of ether oxygens (including phenoxy) is 1. The van der Waals surface area contributed by atoms with Crippen molar-refractivity contribution >= 4 is 27.6 Å². The summed E-state index contributed by atoms with van der Waals surface area (Å²) in [5.41, 5.74) is 11.4. The van der Waals surface area contributed by atoms with Crippen molar-refractivity contribution < 1.29 is 9.30 Å². The molecule has 5 aromatic heterocycles. The summed E-state index contributed by atoms with van der Waals surface area (Å²) in [6.07, 6.45) is 7.51. The number of hydrogen-bond acceptors (Lipinski definition) is 3. The van der Waals surface area contributed by atoms with Gasteiger partial charge in [0.25, 0.3) is 0 Å². The van der Waals surface area contributed by atoms with Crippen LogP contribution in [0.3, 0.4) is 0 Å². The molecule has 0 spiro atoms. The van der Waals surface area contributed by atoms with E-state index in [-0.39, 0.29) is 0 Å². The molecular weight excluding hydrogens is 627 g/mol. The van der Waals surface area contributed by atoms with E-state index in [9.17, 15) is 0 Å². The number of nitrogens with zero attached hydrogens (tertiary/aromatic N) is 5. The number of aromatic nitrogens is 5. The fourth-order valence-electron chi connectivity index (χ4n) is 7.32. The number of fused-ring (bicyclic) bond motifs is 4. The highest BCUT2D eigenvalue weighted by Crippen LogP contribution is 2.42. The number of pyridine rings is 3. The Morgan fingerprint density at radius 1 is 0.706 bits per heavy atom. The summed E-state index contributed by atoms with van der Waals surface area (Å²) in [7, 11) is 2.04. The van der Waals surface area contributed by atoms with Gasteiger partial charge in [-0.2, -0.15) is 4.98 Å². The van der Waals surface area contributed by atoms with E-state index in [1.807, 2.05) is 42.1 Å². The van der Waals surface area contributed by atoms with Gasteiger partial charge in [-0.1, -0.05) is 102 Å². The van der Waals surface area contributed by atoms with E-state index in [1.165, 1.54) is 22.3 Å². The highest BCUT2D eigenvalue weighted by Gasteiger charge is 2.21. The van der Waals surface area contributed by atoms with Crippen molar-refractivity contribution in [3.63, 3.8) is 0 Å². The van der Waals surface area contributed by atoms with Crippen LogP contribution in [0.1, 0.15) is 76.0 Å². The van der Waals surface area contributed by atoms with Crippen LogP contribution < -0.4 is 9.30 Å². The van der Waals surface area contributed by atoms with Gasteiger partial charge in [-0.05, 0) is 88.0 Å². The molecule has 0 unspecified atom stereocenters. The van der Waals surface area contributed by atoms with E-state index < -0.39 is 0 Å². The molecule has 0 N–H and O–H groups in total. The molecule has 6 heteroatoms. The molecule has 51 heavy (non-hydrogen) atoms. The van der Waals surface area contributed by atoms with E-state index in [4.69, 9.17) is 9.72 Å². The standard InChI is InChI=1S/C45H43N5O/c1-28(2)31-25-37(29(3)4)44(38(26-31)30(5)6)33-22-32(40-27-48(7)43-17-11-13-21-49(40)43)23-34(24-33)51-42-19-18-36-35-14-8-9-15-39(35)50(45(36)47-42)41-16-10-12-20-46-41/h8-26,28-30H,1-7H3. The Balaban J connectivity index is 1.35. The Kier molecular flexibility index (Phi) is 8.18. The van der Waals surface area contributed by atoms with Gasteiger partial charge in [0.15, 0.2) is 11.3 Å². The van der Waals surface area contributed by atoms with E-state index in [1.54, 1.807) is 0 Å². The van der Waals surface area contributed by atoms with Crippen LogP contribution in [-0.2, 0) is 7.05 Å². The highest BCUT2D eigenvalue weighted by atomic mass is 16.5. The van der Waals surface area contributed by atoms with Gasteiger partial charge in [-0.25, -0.2) is 4.98 Å². The average Bonchev–Trinajstić information content (AvgIpc) is 3.65. The summed E-state index contributed by atoms with van der Waals surface area (Å²) < 4.78 is 13.2. The van der Waals surface area contributed by atoms with Gasteiger partial charge in [0, 0.05) is 23.0 Å². The molecule has 5 heterocycles. The first-order chi connectivity index (χ1) is 24.7. The average molecular weight is 670 g/mol. The minimum absolute atomic E-state index is 0.334. The number of imidazole rings is 1. The summed E-state index contributed by atoms with van der Waals surface area (Å²) >= 11 is 0. The van der Waals surface area contributed by atoms with Crippen LogP contribution in [0, 0.1) is 6.20 Å². The molecule has 0 aliphatic heterocycles. The molecule has 0 aliphatic rings. The highest BCUT2D eigenvalue weighted by molar-refractivity contribution is 6.07. The monoisotopic (exact) mass is 669 g/mol. The lowest BCUT2D eigenvalue weighted by atomic mass is 9.81. The molecule has 0 radical (unpaired) electrons. The van der Waals surface area contributed by atoms with Crippen molar-refractivity contribution in [2.45, 2.75) is 59.3 Å². The maximum atomic E-state index is 6.80. The minimum atomic E-state index is 0.334. The van der Waals surface area contributed by atoms with Crippen molar-refractivity contribution in [1.29, 1.82) is 0 Å². The molecular formula is C45H43N5O. The number of rotatable bonds is 8. The topological polar surface area (TPSA) is 48.2 Å². The number of para-hydroxylation sites is 1. The summed E-state index contributed by atoms with van der Waals surface area (Å²) in [5, 5.41) is 2.17. The van der Waals surface area contributed by atoms with Gasteiger partial charge in [0.1, 0.15) is 11.6 Å². The summed E-state index contributed by atoms with van der Waals surface area (Å²) in [5.74, 6) is 3.15. The maximum Gasteiger partial charge on any atom is 0.221 e. The first-order valence-electron chi connectivity index (χ1n) is 17.9. The predicted octanol–water partition coefficient (Wildman–Crippen LogP) is 10.9. The zero-order valence-corrected chi connectivity index (χ0v) is 30.3. The van der Waals surface area contributed by atoms with Crippen molar-refractivity contribution in [1.82, 2.24) is 18.9 Å². The van der Waals surface area contributed by atoms with Gasteiger partial charge in [-0.15, -0.1) is 0 Å². The van der Waals surface area contributed by atoms with Gasteiger partial charge in [0.2, 0.25) is 5.88 Å². The molecule has 0 fully saturated rings. The Morgan fingerprint density at radius 3 is 2.16 bits per heavy atom. The molecule has 3 aromatic carbocycles. The third kappa shape index (κ3) is 5.75. The Hall–Kier alpha value is -5.75. The van der Waals surface area contributed by atoms with Crippen molar-refractivity contribution in [2.75, 3.05) is 0 Å². The predicted molar refractivity (Wildman–Crippen MR) is 207 cm³/mol. The smallest absolute Gasteiger partial charge is 0.221 e. The molecule has 0 atom stereocenters. The molecule has 0 saturated heterocycles. The van der Waals surface area contributed by atoms with Gasteiger partial charge < -0.3 is 9.30 Å². The third-order valence-corrected chi connectivity index (χ3v) is 9.89. The lowest BCUT2D eigenvalue weighted by molar-refractivity contribution is -0.648. The number of hydrogen-bond donors (Lipinski definition) is 0. The SMILES string of the molecule is CC(C)c1cc(C(C)C)c(-c2cc(Oc3ccc4c5ccccc5n(-c5ccccn5)c4n3)cc(-c3[c-][n+](C)c4ccccn34)c2)c(C(C)C)c1. The molecule has 8 aromatic rings. The molecule has 6 nitrogen and oxygen atoms in total. The minimum Gasteiger partial charge on any atom is -0.440 e. The molecule has 8 rings (SSSR count). The number of aryl methyl sites for hydroxylation is 1. The second kappa shape index (κ2) is 12.9. The van der Waals surface area contributed by atoms with Crippen molar-refractivity contribution in [3.8, 4) is 39.8 Å².